The fraction of sp³-hybridized carbons (Fsp3) is 0.0909. The summed E-state index contributed by atoms with van der Waals surface area (Å²) in [6, 6.07) is 2.47. The highest BCUT2D eigenvalue weighted by Crippen LogP contribution is 2.30. The number of carboxylic acid groups (broad SMARTS) is 1. The van der Waals surface area contributed by atoms with Crippen LogP contribution in [0.25, 0.3) is 10.9 Å². The molecule has 0 amide bonds. The molecule has 17 heavy (non-hydrogen) atoms. The highest BCUT2D eigenvalue weighted by molar-refractivity contribution is 6.38. The molecule has 0 radical (unpaired) electrons. The lowest BCUT2D eigenvalue weighted by Gasteiger charge is -2.06. The molecular formula is C11H7ClFNO3. The van der Waals surface area contributed by atoms with Gasteiger partial charge in [0.1, 0.15) is 0 Å². The van der Waals surface area contributed by atoms with Gasteiger partial charge in [0.05, 0.1) is 23.2 Å². The van der Waals surface area contributed by atoms with E-state index in [1.807, 2.05) is 0 Å². The fourth-order valence-corrected chi connectivity index (χ4v) is 1.75. The van der Waals surface area contributed by atoms with Crippen molar-refractivity contribution in [1.82, 2.24) is 4.98 Å². The Kier molecular flexibility index (Phi) is 2.85. The molecule has 0 unspecified atom stereocenters. The van der Waals surface area contributed by atoms with E-state index in [4.69, 9.17) is 21.4 Å². The normalized spacial score (nSPS) is 10.5. The molecule has 4 nitrogen and oxygen atoms in total. The van der Waals surface area contributed by atoms with Gasteiger partial charge in [0, 0.05) is 17.6 Å². The first-order chi connectivity index (χ1) is 8.04. The van der Waals surface area contributed by atoms with Crippen molar-refractivity contribution >= 4 is 28.5 Å². The van der Waals surface area contributed by atoms with Crippen LogP contribution in [0.2, 0.25) is 5.02 Å². The van der Waals surface area contributed by atoms with Crippen LogP contribution in [0, 0.1) is 5.82 Å². The van der Waals surface area contributed by atoms with Crippen LogP contribution in [0.3, 0.4) is 0 Å². The van der Waals surface area contributed by atoms with Gasteiger partial charge in [-0.05, 0) is 6.07 Å². The number of carboxylic acids is 1. The van der Waals surface area contributed by atoms with Crippen molar-refractivity contribution in [2.24, 2.45) is 0 Å². The monoisotopic (exact) mass is 255 g/mol. The van der Waals surface area contributed by atoms with Crippen molar-refractivity contribution in [3.05, 3.63) is 34.7 Å². The molecule has 6 heteroatoms. The molecule has 0 aliphatic heterocycles. The third kappa shape index (κ3) is 1.89. The molecule has 2 aromatic rings. The zero-order valence-corrected chi connectivity index (χ0v) is 9.45. The van der Waals surface area contributed by atoms with Crippen LogP contribution < -0.4 is 4.74 Å². The maximum absolute atomic E-state index is 13.5. The molecule has 0 fully saturated rings. The number of nitrogens with zero attached hydrogens (tertiary/aromatic N) is 1. The Hall–Kier alpha value is -1.88. The molecule has 0 saturated carbocycles. The number of hydrogen-bond donors (Lipinski definition) is 1. The average Bonchev–Trinajstić information content (AvgIpc) is 2.29. The van der Waals surface area contributed by atoms with Crippen molar-refractivity contribution in [1.29, 1.82) is 0 Å². The van der Waals surface area contributed by atoms with Gasteiger partial charge < -0.3 is 9.84 Å². The molecule has 0 bridgehead atoms. The van der Waals surface area contributed by atoms with E-state index < -0.39 is 11.8 Å². The summed E-state index contributed by atoms with van der Waals surface area (Å²) in [7, 11) is 1.33. The van der Waals surface area contributed by atoms with Crippen molar-refractivity contribution in [3.8, 4) is 5.75 Å². The lowest BCUT2D eigenvalue weighted by Crippen LogP contribution is -2.00. The molecule has 0 saturated heterocycles. The Bertz CT molecular complexity index is 615. The Morgan fingerprint density at radius 3 is 2.82 bits per heavy atom. The number of hydrogen-bond acceptors (Lipinski definition) is 3. The van der Waals surface area contributed by atoms with Crippen LogP contribution in [-0.4, -0.2) is 23.2 Å². The Morgan fingerprint density at radius 2 is 2.24 bits per heavy atom. The van der Waals surface area contributed by atoms with Gasteiger partial charge in [-0.1, -0.05) is 11.6 Å². The fourth-order valence-electron chi connectivity index (χ4n) is 1.47. The minimum absolute atomic E-state index is 0.0316. The number of aromatic nitrogens is 1. The molecule has 2 rings (SSSR count). The largest absolute Gasteiger partial charge is 0.494 e. The van der Waals surface area contributed by atoms with Crippen LogP contribution in [0.15, 0.2) is 18.3 Å². The van der Waals surface area contributed by atoms with Gasteiger partial charge in [0.25, 0.3) is 0 Å². The van der Waals surface area contributed by atoms with E-state index in [-0.39, 0.29) is 21.7 Å². The van der Waals surface area contributed by atoms with Crippen LogP contribution in [0.4, 0.5) is 4.39 Å². The van der Waals surface area contributed by atoms with Crippen LogP contribution >= 0.6 is 11.6 Å². The predicted octanol–water partition coefficient (Wildman–Crippen LogP) is 2.73. The Labute approximate surface area is 101 Å². The van der Waals surface area contributed by atoms with Crippen molar-refractivity contribution in [3.63, 3.8) is 0 Å². The number of aromatic carboxylic acids is 1. The van der Waals surface area contributed by atoms with E-state index in [0.29, 0.717) is 5.52 Å². The quantitative estimate of drug-likeness (QED) is 0.896. The highest BCUT2D eigenvalue weighted by Gasteiger charge is 2.15. The van der Waals surface area contributed by atoms with Crippen LogP contribution in [-0.2, 0) is 0 Å². The number of methoxy groups -OCH3 is 1. The summed E-state index contributed by atoms with van der Waals surface area (Å²) in [4.78, 5) is 14.7. The van der Waals surface area contributed by atoms with Gasteiger partial charge in [-0.25, -0.2) is 9.18 Å². The number of benzene rings is 1. The van der Waals surface area contributed by atoms with Crippen LogP contribution in [0.5, 0.6) is 5.75 Å². The molecule has 0 spiro atoms. The second-order valence-corrected chi connectivity index (χ2v) is 3.67. The minimum atomic E-state index is -1.21. The van der Waals surface area contributed by atoms with E-state index in [0.717, 1.165) is 12.3 Å². The lowest BCUT2D eigenvalue weighted by atomic mass is 10.1. The van der Waals surface area contributed by atoms with Gasteiger partial charge in [-0.2, -0.15) is 0 Å². The molecule has 0 atom stereocenters. The third-order valence-electron chi connectivity index (χ3n) is 2.31. The predicted molar refractivity (Wildman–Crippen MR) is 60.2 cm³/mol. The summed E-state index contributed by atoms with van der Waals surface area (Å²) in [5, 5.41) is 9.06. The third-order valence-corrected chi connectivity index (χ3v) is 2.71. The maximum atomic E-state index is 13.5. The summed E-state index contributed by atoms with van der Waals surface area (Å²) in [6.45, 7) is 0. The smallest absolute Gasteiger partial charge is 0.338 e. The number of rotatable bonds is 2. The van der Waals surface area contributed by atoms with Crippen molar-refractivity contribution in [2.75, 3.05) is 7.11 Å². The zero-order valence-electron chi connectivity index (χ0n) is 8.70. The second-order valence-electron chi connectivity index (χ2n) is 3.29. The number of ether oxygens (including phenoxy) is 1. The summed E-state index contributed by atoms with van der Waals surface area (Å²) in [6.07, 6.45) is 1.13. The van der Waals surface area contributed by atoms with Crippen molar-refractivity contribution < 1.29 is 19.0 Å². The first kappa shape index (κ1) is 11.6. The molecule has 1 N–H and O–H groups in total. The maximum Gasteiger partial charge on any atom is 0.338 e. The first-order valence-electron chi connectivity index (χ1n) is 4.59. The molecule has 1 heterocycles. The standard InChI is InChI=1S/C11H7ClFNO3/c1-17-9-3-8-5(2-7(9)13)10(12)6(4-14-8)11(15)16/h2-4H,1H3,(H,15,16). The van der Waals surface area contributed by atoms with E-state index in [9.17, 15) is 9.18 Å². The van der Waals surface area contributed by atoms with E-state index in [2.05, 4.69) is 4.98 Å². The van der Waals surface area contributed by atoms with E-state index in [1.54, 1.807) is 0 Å². The molecule has 0 aliphatic rings. The summed E-state index contributed by atoms with van der Waals surface area (Å²) in [5.74, 6) is -1.80. The molecule has 1 aromatic heterocycles. The summed E-state index contributed by atoms with van der Waals surface area (Å²) in [5.41, 5.74) is 0.210. The summed E-state index contributed by atoms with van der Waals surface area (Å²) >= 11 is 5.88. The molecule has 88 valence electrons. The topological polar surface area (TPSA) is 59.4 Å². The molecule has 1 aromatic carbocycles. The zero-order chi connectivity index (χ0) is 12.6. The highest BCUT2D eigenvalue weighted by atomic mass is 35.5. The Morgan fingerprint density at radius 1 is 1.53 bits per heavy atom. The van der Waals surface area contributed by atoms with Gasteiger partial charge in [0.15, 0.2) is 11.6 Å². The minimum Gasteiger partial charge on any atom is -0.494 e. The SMILES string of the molecule is COc1cc2ncc(C(=O)O)c(Cl)c2cc1F. The Balaban J connectivity index is 2.78. The van der Waals surface area contributed by atoms with Gasteiger partial charge in [-0.3, -0.25) is 4.98 Å². The average molecular weight is 256 g/mol. The number of halogens is 2. The van der Waals surface area contributed by atoms with E-state index in [1.165, 1.54) is 13.2 Å². The van der Waals surface area contributed by atoms with Gasteiger partial charge in [-0.15, -0.1) is 0 Å². The second kappa shape index (κ2) is 4.18. The summed E-state index contributed by atoms with van der Waals surface area (Å²) < 4.78 is 18.3. The van der Waals surface area contributed by atoms with E-state index >= 15 is 0 Å². The first-order valence-corrected chi connectivity index (χ1v) is 4.97. The molecule has 0 aliphatic carbocycles. The number of pyridine rings is 1. The number of carbonyl (C=O) groups is 1. The van der Waals surface area contributed by atoms with Gasteiger partial charge >= 0.3 is 5.97 Å². The van der Waals surface area contributed by atoms with Crippen molar-refractivity contribution in [2.45, 2.75) is 0 Å². The molecular weight excluding hydrogens is 249 g/mol. The van der Waals surface area contributed by atoms with Gasteiger partial charge in [0.2, 0.25) is 0 Å². The van der Waals surface area contributed by atoms with Crippen LogP contribution in [0.1, 0.15) is 10.4 Å². The lowest BCUT2D eigenvalue weighted by molar-refractivity contribution is 0.0697. The number of fused-ring (bicyclic) bond motifs is 1.